The van der Waals surface area contributed by atoms with Gasteiger partial charge in [0, 0.05) is 41.3 Å². The van der Waals surface area contributed by atoms with Gasteiger partial charge in [-0.2, -0.15) is 0 Å². The Morgan fingerprint density at radius 3 is 2.88 bits per heavy atom. The summed E-state index contributed by atoms with van der Waals surface area (Å²) in [6.45, 7) is 4.08. The van der Waals surface area contributed by atoms with Gasteiger partial charge in [0.05, 0.1) is 0 Å². The Morgan fingerprint density at radius 1 is 1.19 bits per heavy atom. The largest absolute Gasteiger partial charge is 0.507 e. The number of benzene rings is 1. The molecule has 3 aromatic rings. The van der Waals surface area contributed by atoms with Crippen molar-refractivity contribution in [2.75, 3.05) is 25.5 Å². The van der Waals surface area contributed by atoms with E-state index in [9.17, 15) is 5.11 Å². The number of aryl methyl sites for hydroxylation is 1. The summed E-state index contributed by atoms with van der Waals surface area (Å²) in [6, 6.07) is 7.89. The molecule has 1 fully saturated rings. The Balaban J connectivity index is 1.76. The normalized spacial score (nSPS) is 18.2. The number of phenols is 1. The maximum absolute atomic E-state index is 10.4. The zero-order valence-electron chi connectivity index (χ0n) is 15.1. The molecule has 1 atom stereocenters. The van der Waals surface area contributed by atoms with Crippen molar-refractivity contribution >= 4 is 16.6 Å². The van der Waals surface area contributed by atoms with E-state index in [2.05, 4.69) is 32.4 Å². The van der Waals surface area contributed by atoms with Crippen LogP contribution < -0.4 is 5.32 Å². The maximum Gasteiger partial charge on any atom is 0.156 e. The number of rotatable bonds is 3. The van der Waals surface area contributed by atoms with Crippen LogP contribution in [0.15, 0.2) is 36.7 Å². The van der Waals surface area contributed by atoms with Crippen LogP contribution in [0.25, 0.3) is 22.0 Å². The molecule has 0 amide bonds. The third-order valence-corrected chi connectivity index (χ3v) is 4.95. The first-order valence-electron chi connectivity index (χ1n) is 8.97. The summed E-state index contributed by atoms with van der Waals surface area (Å²) < 4.78 is 0. The van der Waals surface area contributed by atoms with Gasteiger partial charge in [-0.25, -0.2) is 0 Å². The molecule has 1 unspecified atom stereocenters. The van der Waals surface area contributed by atoms with E-state index in [1.165, 1.54) is 6.42 Å². The molecule has 0 saturated carbocycles. The average molecular weight is 349 g/mol. The lowest BCUT2D eigenvalue weighted by Crippen LogP contribution is -2.40. The number of phenolic OH excluding ortho intramolecular Hbond substituents is 1. The van der Waals surface area contributed by atoms with Crippen LogP contribution in [0.1, 0.15) is 18.4 Å². The van der Waals surface area contributed by atoms with E-state index in [0.717, 1.165) is 41.7 Å². The molecule has 0 spiro atoms. The number of nitrogens with zero attached hydrogens (tertiary/aromatic N) is 4. The summed E-state index contributed by atoms with van der Waals surface area (Å²) >= 11 is 0. The Morgan fingerprint density at radius 2 is 2.08 bits per heavy atom. The molecule has 26 heavy (non-hydrogen) atoms. The van der Waals surface area contributed by atoms with Gasteiger partial charge >= 0.3 is 0 Å². The minimum absolute atomic E-state index is 0.207. The van der Waals surface area contributed by atoms with Gasteiger partial charge in [0.1, 0.15) is 11.4 Å². The second kappa shape index (κ2) is 6.88. The van der Waals surface area contributed by atoms with Gasteiger partial charge in [0.15, 0.2) is 5.82 Å². The molecule has 0 aliphatic carbocycles. The summed E-state index contributed by atoms with van der Waals surface area (Å²) in [6.07, 6.45) is 5.85. The quantitative estimate of drug-likeness (QED) is 0.756. The van der Waals surface area contributed by atoms with E-state index in [4.69, 9.17) is 0 Å². The molecule has 134 valence electrons. The minimum Gasteiger partial charge on any atom is -0.507 e. The highest BCUT2D eigenvalue weighted by Gasteiger charge is 2.20. The Bertz CT molecular complexity index is 943. The minimum atomic E-state index is 0.207. The number of piperidine rings is 1. The van der Waals surface area contributed by atoms with Crippen LogP contribution in [0.3, 0.4) is 0 Å². The van der Waals surface area contributed by atoms with Crippen molar-refractivity contribution in [3.05, 3.63) is 42.2 Å². The summed E-state index contributed by atoms with van der Waals surface area (Å²) in [5.41, 5.74) is 2.32. The van der Waals surface area contributed by atoms with Gasteiger partial charge in [-0.1, -0.05) is 6.07 Å². The van der Waals surface area contributed by atoms with Crippen molar-refractivity contribution in [3.63, 3.8) is 0 Å². The molecule has 1 aromatic carbocycles. The molecule has 2 N–H and O–H groups in total. The number of hydrogen-bond donors (Lipinski definition) is 2. The third-order valence-electron chi connectivity index (χ3n) is 4.95. The van der Waals surface area contributed by atoms with Crippen molar-refractivity contribution in [1.29, 1.82) is 0 Å². The average Bonchev–Trinajstić information content (AvgIpc) is 2.63. The molecule has 2 aromatic heterocycles. The second-order valence-electron chi connectivity index (χ2n) is 7.08. The first-order valence-corrected chi connectivity index (χ1v) is 8.97. The van der Waals surface area contributed by atoms with E-state index in [1.54, 1.807) is 18.5 Å². The number of likely N-dealkylation sites (N-methyl/N-ethyl adjacent to an activating group) is 1. The van der Waals surface area contributed by atoms with E-state index < -0.39 is 0 Å². The Hall–Kier alpha value is -2.73. The second-order valence-corrected chi connectivity index (χ2v) is 7.08. The maximum atomic E-state index is 10.4. The van der Waals surface area contributed by atoms with Crippen molar-refractivity contribution in [1.82, 2.24) is 20.1 Å². The number of pyridine rings is 1. The highest BCUT2D eigenvalue weighted by molar-refractivity contribution is 6.00. The fourth-order valence-corrected chi connectivity index (χ4v) is 3.62. The highest BCUT2D eigenvalue weighted by Crippen LogP contribution is 2.34. The predicted molar refractivity (Wildman–Crippen MR) is 103 cm³/mol. The summed E-state index contributed by atoms with van der Waals surface area (Å²) in [4.78, 5) is 6.59. The molecule has 6 heteroatoms. The number of aromatic hydroxyl groups is 1. The van der Waals surface area contributed by atoms with Gasteiger partial charge in [-0.05, 0) is 57.1 Å². The zero-order valence-corrected chi connectivity index (χ0v) is 15.1. The van der Waals surface area contributed by atoms with Crippen LogP contribution in [0.2, 0.25) is 0 Å². The number of likely N-dealkylation sites (tertiary alicyclic amines) is 1. The molecule has 1 saturated heterocycles. The standard InChI is InChI=1S/C20H23N5O/c1-13-5-6-16(18(26)10-13)19-17-11-21-8-7-15(17)20(24-23-19)22-14-4-3-9-25(2)12-14/h5-8,10-11,14,26H,3-4,9,12H2,1-2H3,(H,22,24). The first-order chi connectivity index (χ1) is 12.6. The van der Waals surface area contributed by atoms with E-state index in [1.807, 2.05) is 25.1 Å². The Kier molecular flexibility index (Phi) is 4.42. The van der Waals surface area contributed by atoms with Crippen LogP contribution >= 0.6 is 0 Å². The smallest absolute Gasteiger partial charge is 0.156 e. The number of aromatic nitrogens is 3. The van der Waals surface area contributed by atoms with Crippen LogP contribution in [0.5, 0.6) is 5.75 Å². The van der Waals surface area contributed by atoms with Crippen molar-refractivity contribution in [2.45, 2.75) is 25.8 Å². The summed E-state index contributed by atoms with van der Waals surface area (Å²) in [5.74, 6) is 0.983. The molecule has 3 heterocycles. The van der Waals surface area contributed by atoms with Crippen molar-refractivity contribution in [2.24, 2.45) is 0 Å². The van der Waals surface area contributed by atoms with Gasteiger partial charge in [0.25, 0.3) is 0 Å². The predicted octanol–water partition coefficient (Wildman–Crippen LogP) is 3.21. The van der Waals surface area contributed by atoms with Gasteiger partial charge in [-0.15, -0.1) is 10.2 Å². The molecule has 0 radical (unpaired) electrons. The Labute approximate surface area is 152 Å². The molecule has 4 rings (SSSR count). The molecule has 0 bridgehead atoms. The molecule has 6 nitrogen and oxygen atoms in total. The molecular formula is C20H23N5O. The monoisotopic (exact) mass is 349 g/mol. The van der Waals surface area contributed by atoms with Crippen LogP contribution in [0, 0.1) is 6.92 Å². The fourth-order valence-electron chi connectivity index (χ4n) is 3.62. The van der Waals surface area contributed by atoms with Crippen molar-refractivity contribution < 1.29 is 5.11 Å². The fraction of sp³-hybridized carbons (Fsp3) is 0.350. The third kappa shape index (κ3) is 3.20. The van der Waals surface area contributed by atoms with Gasteiger partial charge in [0.2, 0.25) is 0 Å². The van der Waals surface area contributed by atoms with Crippen LogP contribution in [-0.2, 0) is 0 Å². The van der Waals surface area contributed by atoms with Crippen LogP contribution in [0.4, 0.5) is 5.82 Å². The number of nitrogens with one attached hydrogen (secondary N) is 1. The highest BCUT2D eigenvalue weighted by atomic mass is 16.3. The van der Waals surface area contributed by atoms with E-state index >= 15 is 0 Å². The van der Waals surface area contributed by atoms with E-state index in [0.29, 0.717) is 17.3 Å². The lowest BCUT2D eigenvalue weighted by molar-refractivity contribution is 0.261. The molecule has 1 aliphatic heterocycles. The van der Waals surface area contributed by atoms with Gasteiger partial charge in [-0.3, -0.25) is 4.98 Å². The topological polar surface area (TPSA) is 74.2 Å². The number of anilines is 1. The lowest BCUT2D eigenvalue weighted by Gasteiger charge is -2.30. The zero-order chi connectivity index (χ0) is 18.1. The lowest BCUT2D eigenvalue weighted by atomic mass is 10.0. The summed E-state index contributed by atoms with van der Waals surface area (Å²) in [5, 5.41) is 24.6. The SMILES string of the molecule is Cc1ccc(-c2nnc(NC3CCCN(C)C3)c3ccncc23)c(O)c1. The number of hydrogen-bond acceptors (Lipinski definition) is 6. The molecule has 1 aliphatic rings. The molecular weight excluding hydrogens is 326 g/mol. The van der Waals surface area contributed by atoms with Crippen LogP contribution in [-0.4, -0.2) is 51.4 Å². The summed E-state index contributed by atoms with van der Waals surface area (Å²) in [7, 11) is 2.14. The van der Waals surface area contributed by atoms with Gasteiger partial charge < -0.3 is 15.3 Å². The van der Waals surface area contributed by atoms with Crippen molar-refractivity contribution in [3.8, 4) is 17.0 Å². The van der Waals surface area contributed by atoms with E-state index in [-0.39, 0.29) is 5.75 Å². The number of fused-ring (bicyclic) bond motifs is 1. The first kappa shape index (κ1) is 16.7.